The molecule has 0 aliphatic rings. The first-order chi connectivity index (χ1) is 8.66. The molecule has 4 N–H and O–H groups in total. The zero-order valence-electron chi connectivity index (χ0n) is 10.1. The van der Waals surface area contributed by atoms with Crippen molar-refractivity contribution in [2.75, 3.05) is 5.73 Å². The van der Waals surface area contributed by atoms with Crippen molar-refractivity contribution in [3.63, 3.8) is 0 Å². The summed E-state index contributed by atoms with van der Waals surface area (Å²) in [7, 11) is 0. The number of carbonyl (C=O) groups is 1. The summed E-state index contributed by atoms with van der Waals surface area (Å²) in [6.45, 7) is 0. The lowest BCUT2D eigenvalue weighted by atomic mass is 9.99. The summed E-state index contributed by atoms with van der Waals surface area (Å²) in [5.41, 5.74) is 14.5. The van der Waals surface area contributed by atoms with E-state index in [-0.39, 0.29) is 5.91 Å². The van der Waals surface area contributed by atoms with Gasteiger partial charge in [-0.2, -0.15) is 0 Å². The number of aryl methyl sites for hydroxylation is 2. The third kappa shape index (κ3) is 2.88. The lowest BCUT2D eigenvalue weighted by molar-refractivity contribution is 0.0999. The molecule has 0 saturated heterocycles. The third-order valence-corrected chi connectivity index (χ3v) is 2.95. The molecule has 2 rings (SSSR count). The van der Waals surface area contributed by atoms with Gasteiger partial charge in [0.05, 0.1) is 0 Å². The largest absolute Gasteiger partial charge is 0.399 e. The highest BCUT2D eigenvalue weighted by Crippen LogP contribution is 2.13. The first-order valence-electron chi connectivity index (χ1n) is 5.89. The summed E-state index contributed by atoms with van der Waals surface area (Å²) in [6.07, 6.45) is 1.66. The van der Waals surface area contributed by atoms with Crippen LogP contribution in [0.2, 0.25) is 0 Å². The number of benzene rings is 2. The van der Waals surface area contributed by atoms with E-state index in [1.165, 1.54) is 5.56 Å². The van der Waals surface area contributed by atoms with Gasteiger partial charge in [-0.15, -0.1) is 0 Å². The molecule has 0 radical (unpaired) electrons. The fourth-order valence-electron chi connectivity index (χ4n) is 1.94. The van der Waals surface area contributed by atoms with Crippen LogP contribution in [0, 0.1) is 0 Å². The molecule has 0 spiro atoms. The molecular formula is C15H16N2O. The molecule has 18 heavy (non-hydrogen) atoms. The number of hydrogen-bond acceptors (Lipinski definition) is 2. The van der Waals surface area contributed by atoms with Gasteiger partial charge in [0.15, 0.2) is 0 Å². The fraction of sp³-hybridized carbons (Fsp3) is 0.133. The molecule has 92 valence electrons. The maximum absolute atomic E-state index is 11.3. The van der Waals surface area contributed by atoms with Crippen molar-refractivity contribution in [1.82, 2.24) is 0 Å². The van der Waals surface area contributed by atoms with Gasteiger partial charge in [0.1, 0.15) is 0 Å². The van der Waals surface area contributed by atoms with Crippen LogP contribution < -0.4 is 11.5 Å². The van der Waals surface area contributed by atoms with Crippen LogP contribution in [-0.2, 0) is 12.8 Å². The van der Waals surface area contributed by atoms with Crippen molar-refractivity contribution >= 4 is 11.6 Å². The Morgan fingerprint density at radius 2 is 1.61 bits per heavy atom. The second-order valence-electron chi connectivity index (χ2n) is 4.26. The summed E-state index contributed by atoms with van der Waals surface area (Å²) in [5, 5.41) is 0. The number of nitrogens with two attached hydrogens (primary N) is 2. The number of nitrogen functional groups attached to an aromatic ring is 1. The van der Waals surface area contributed by atoms with Gasteiger partial charge >= 0.3 is 0 Å². The third-order valence-electron chi connectivity index (χ3n) is 2.95. The van der Waals surface area contributed by atoms with E-state index < -0.39 is 0 Å². The summed E-state index contributed by atoms with van der Waals surface area (Å²) < 4.78 is 0. The second-order valence-corrected chi connectivity index (χ2v) is 4.26. The zero-order chi connectivity index (χ0) is 13.0. The first kappa shape index (κ1) is 12.2. The smallest absolute Gasteiger partial charge is 0.248 e. The number of amides is 1. The molecule has 1 amide bonds. The zero-order valence-corrected chi connectivity index (χ0v) is 10.1. The van der Waals surface area contributed by atoms with Gasteiger partial charge in [0.2, 0.25) is 5.91 Å². The lowest BCUT2D eigenvalue weighted by Crippen LogP contribution is -2.13. The van der Waals surface area contributed by atoms with E-state index in [1.807, 2.05) is 42.5 Å². The molecule has 3 nitrogen and oxygen atoms in total. The van der Waals surface area contributed by atoms with Crippen LogP contribution in [0.15, 0.2) is 48.5 Å². The van der Waals surface area contributed by atoms with Gasteiger partial charge in [-0.25, -0.2) is 0 Å². The Morgan fingerprint density at radius 1 is 0.944 bits per heavy atom. The molecule has 0 fully saturated rings. The first-order valence-corrected chi connectivity index (χ1v) is 5.89. The highest BCUT2D eigenvalue weighted by atomic mass is 16.1. The molecule has 2 aromatic rings. The van der Waals surface area contributed by atoms with Crippen LogP contribution in [0.5, 0.6) is 0 Å². The van der Waals surface area contributed by atoms with E-state index in [2.05, 4.69) is 0 Å². The minimum atomic E-state index is -0.372. The SMILES string of the molecule is NC(=O)c1ccccc1CCc1ccc(N)cc1. The molecule has 0 atom stereocenters. The minimum Gasteiger partial charge on any atom is -0.399 e. The van der Waals surface area contributed by atoms with Crippen LogP contribution in [0.1, 0.15) is 21.5 Å². The van der Waals surface area contributed by atoms with Crippen molar-refractivity contribution < 1.29 is 4.79 Å². The van der Waals surface area contributed by atoms with E-state index in [0.29, 0.717) is 5.56 Å². The topological polar surface area (TPSA) is 69.1 Å². The Balaban J connectivity index is 2.10. The highest BCUT2D eigenvalue weighted by molar-refractivity contribution is 5.94. The Hall–Kier alpha value is -2.29. The highest BCUT2D eigenvalue weighted by Gasteiger charge is 2.06. The van der Waals surface area contributed by atoms with E-state index in [4.69, 9.17) is 11.5 Å². The van der Waals surface area contributed by atoms with E-state index in [0.717, 1.165) is 24.1 Å². The molecule has 0 unspecified atom stereocenters. The Bertz CT molecular complexity index is 547. The monoisotopic (exact) mass is 240 g/mol. The van der Waals surface area contributed by atoms with Crippen molar-refractivity contribution in [3.05, 3.63) is 65.2 Å². The lowest BCUT2D eigenvalue weighted by Gasteiger charge is -2.06. The molecule has 0 heterocycles. The Kier molecular flexibility index (Phi) is 3.63. The molecular weight excluding hydrogens is 224 g/mol. The predicted octanol–water partition coefficient (Wildman–Crippen LogP) is 2.15. The normalized spacial score (nSPS) is 10.2. The van der Waals surface area contributed by atoms with E-state index >= 15 is 0 Å². The van der Waals surface area contributed by atoms with Crippen LogP contribution >= 0.6 is 0 Å². The van der Waals surface area contributed by atoms with Crippen LogP contribution in [0.25, 0.3) is 0 Å². The van der Waals surface area contributed by atoms with Crippen LogP contribution in [0.3, 0.4) is 0 Å². The summed E-state index contributed by atoms with van der Waals surface area (Å²) in [6, 6.07) is 15.2. The number of hydrogen-bond donors (Lipinski definition) is 2. The molecule has 0 aromatic heterocycles. The van der Waals surface area contributed by atoms with E-state index in [9.17, 15) is 4.79 Å². The van der Waals surface area contributed by atoms with Crippen molar-refractivity contribution in [2.24, 2.45) is 5.73 Å². The van der Waals surface area contributed by atoms with Gasteiger partial charge in [0.25, 0.3) is 0 Å². The number of anilines is 1. The minimum absolute atomic E-state index is 0.372. The quantitative estimate of drug-likeness (QED) is 0.804. The molecule has 2 aromatic carbocycles. The fourth-order valence-corrected chi connectivity index (χ4v) is 1.94. The number of primary amides is 1. The predicted molar refractivity (Wildman–Crippen MR) is 73.2 cm³/mol. The molecule has 0 bridgehead atoms. The Labute approximate surface area is 106 Å². The standard InChI is InChI=1S/C15H16N2O/c16-13-9-6-11(7-10-13)5-8-12-3-1-2-4-14(12)15(17)18/h1-4,6-7,9-10H,5,8,16H2,(H2,17,18). The van der Waals surface area contributed by atoms with Crippen molar-refractivity contribution in [2.45, 2.75) is 12.8 Å². The van der Waals surface area contributed by atoms with Crippen LogP contribution in [0.4, 0.5) is 5.69 Å². The second kappa shape index (κ2) is 5.36. The average Bonchev–Trinajstić information content (AvgIpc) is 2.38. The number of rotatable bonds is 4. The summed E-state index contributed by atoms with van der Waals surface area (Å²) in [5.74, 6) is -0.372. The number of carbonyl (C=O) groups excluding carboxylic acids is 1. The van der Waals surface area contributed by atoms with Gasteiger partial charge in [0, 0.05) is 11.3 Å². The van der Waals surface area contributed by atoms with Gasteiger partial charge < -0.3 is 11.5 Å². The van der Waals surface area contributed by atoms with Crippen molar-refractivity contribution in [3.8, 4) is 0 Å². The molecule has 0 saturated carbocycles. The van der Waals surface area contributed by atoms with E-state index in [1.54, 1.807) is 6.07 Å². The van der Waals surface area contributed by atoms with Gasteiger partial charge in [-0.3, -0.25) is 4.79 Å². The molecule has 0 aliphatic heterocycles. The van der Waals surface area contributed by atoms with Crippen molar-refractivity contribution in [1.29, 1.82) is 0 Å². The summed E-state index contributed by atoms with van der Waals surface area (Å²) in [4.78, 5) is 11.3. The molecule has 0 aliphatic carbocycles. The van der Waals surface area contributed by atoms with Gasteiger partial charge in [-0.05, 0) is 42.2 Å². The van der Waals surface area contributed by atoms with Crippen LogP contribution in [-0.4, -0.2) is 5.91 Å². The average molecular weight is 240 g/mol. The maximum Gasteiger partial charge on any atom is 0.248 e. The maximum atomic E-state index is 11.3. The Morgan fingerprint density at radius 3 is 2.28 bits per heavy atom. The molecule has 3 heteroatoms. The van der Waals surface area contributed by atoms with Gasteiger partial charge in [-0.1, -0.05) is 30.3 Å². The summed E-state index contributed by atoms with van der Waals surface area (Å²) >= 11 is 0.